The minimum absolute atomic E-state index is 0.00584. The highest BCUT2D eigenvalue weighted by Gasteiger charge is 2.30. The third-order valence-electron chi connectivity index (χ3n) is 3.77. The van der Waals surface area contributed by atoms with Crippen molar-refractivity contribution in [1.29, 1.82) is 0 Å². The van der Waals surface area contributed by atoms with Crippen molar-refractivity contribution in [2.45, 2.75) is 25.8 Å². The Morgan fingerprint density at radius 2 is 2.26 bits per heavy atom. The third-order valence-corrected chi connectivity index (χ3v) is 4.08. The van der Waals surface area contributed by atoms with Gasteiger partial charge in [-0.05, 0) is 44.4 Å². The predicted molar refractivity (Wildman–Crippen MR) is 76.7 cm³/mol. The average molecular weight is 284 g/mol. The Morgan fingerprint density at radius 1 is 1.53 bits per heavy atom. The molecule has 0 radical (unpaired) electrons. The number of halogens is 1. The lowest BCUT2D eigenvalue weighted by Gasteiger charge is -2.39. The molecule has 2 atom stereocenters. The van der Waals surface area contributed by atoms with Crippen LogP contribution < -0.4 is 10.6 Å². The van der Waals surface area contributed by atoms with Crippen LogP contribution in [0.2, 0.25) is 5.02 Å². The van der Waals surface area contributed by atoms with Crippen LogP contribution in [0, 0.1) is 16.0 Å². The molecule has 0 amide bonds. The van der Waals surface area contributed by atoms with E-state index in [1.165, 1.54) is 0 Å². The van der Waals surface area contributed by atoms with Gasteiger partial charge in [0.1, 0.15) is 10.7 Å². The minimum Gasteiger partial charge on any atom is -0.363 e. The van der Waals surface area contributed by atoms with Crippen molar-refractivity contribution in [3.8, 4) is 0 Å². The molecule has 0 aliphatic carbocycles. The molecule has 0 spiro atoms. The Hall–Kier alpha value is -1.33. The number of nitro benzene ring substituents is 1. The summed E-state index contributed by atoms with van der Waals surface area (Å²) in [5.41, 5.74) is 6.32. The maximum Gasteiger partial charge on any atom is 0.310 e. The lowest BCUT2D eigenvalue weighted by molar-refractivity contribution is -0.384. The second-order valence-corrected chi connectivity index (χ2v) is 5.45. The van der Waals surface area contributed by atoms with Gasteiger partial charge in [0, 0.05) is 12.6 Å². The Bertz CT molecular complexity index is 481. The molecule has 0 bridgehead atoms. The van der Waals surface area contributed by atoms with Gasteiger partial charge in [-0.1, -0.05) is 17.7 Å². The number of hydrogen-bond donors (Lipinski definition) is 1. The fourth-order valence-corrected chi connectivity index (χ4v) is 2.87. The van der Waals surface area contributed by atoms with Crippen molar-refractivity contribution in [3.05, 3.63) is 33.3 Å². The molecule has 0 aromatic heterocycles. The smallest absolute Gasteiger partial charge is 0.310 e. The number of piperidine rings is 1. The van der Waals surface area contributed by atoms with Gasteiger partial charge in [-0.25, -0.2) is 0 Å². The zero-order valence-corrected chi connectivity index (χ0v) is 11.6. The van der Waals surface area contributed by atoms with Crippen LogP contribution in [0.25, 0.3) is 0 Å². The average Bonchev–Trinajstić information content (AvgIpc) is 2.38. The summed E-state index contributed by atoms with van der Waals surface area (Å²) >= 11 is 5.97. The Labute approximate surface area is 117 Å². The molecule has 1 fully saturated rings. The normalized spacial score (nSPS) is 23.4. The van der Waals surface area contributed by atoms with E-state index in [-0.39, 0.29) is 16.8 Å². The first-order chi connectivity index (χ1) is 9.04. The number of para-hydroxylation sites is 1. The summed E-state index contributed by atoms with van der Waals surface area (Å²) in [7, 11) is 0. The maximum atomic E-state index is 11.2. The topological polar surface area (TPSA) is 72.4 Å². The number of hydrogen-bond acceptors (Lipinski definition) is 4. The Kier molecular flexibility index (Phi) is 4.27. The maximum absolute atomic E-state index is 11.2. The van der Waals surface area contributed by atoms with E-state index in [0.29, 0.717) is 18.2 Å². The molecule has 0 saturated carbocycles. The van der Waals surface area contributed by atoms with E-state index in [9.17, 15) is 10.1 Å². The summed E-state index contributed by atoms with van der Waals surface area (Å²) in [4.78, 5) is 12.9. The van der Waals surface area contributed by atoms with Gasteiger partial charge >= 0.3 is 5.69 Å². The van der Waals surface area contributed by atoms with Crippen LogP contribution in [0.1, 0.15) is 19.8 Å². The van der Waals surface area contributed by atoms with Crippen molar-refractivity contribution < 1.29 is 4.92 Å². The molecule has 6 heteroatoms. The van der Waals surface area contributed by atoms with Crippen LogP contribution in [0.3, 0.4) is 0 Å². The van der Waals surface area contributed by atoms with E-state index in [0.717, 1.165) is 19.4 Å². The molecule has 1 aliphatic rings. The van der Waals surface area contributed by atoms with Crippen LogP contribution in [0.15, 0.2) is 18.2 Å². The van der Waals surface area contributed by atoms with Crippen molar-refractivity contribution in [2.24, 2.45) is 11.7 Å². The van der Waals surface area contributed by atoms with E-state index in [1.54, 1.807) is 18.2 Å². The monoisotopic (exact) mass is 283 g/mol. The fraction of sp³-hybridized carbons (Fsp3) is 0.538. The zero-order chi connectivity index (χ0) is 14.0. The largest absolute Gasteiger partial charge is 0.363 e. The van der Waals surface area contributed by atoms with Gasteiger partial charge in [0.15, 0.2) is 0 Å². The fourth-order valence-electron chi connectivity index (χ4n) is 2.63. The molecule has 19 heavy (non-hydrogen) atoms. The van der Waals surface area contributed by atoms with Crippen LogP contribution >= 0.6 is 11.6 Å². The summed E-state index contributed by atoms with van der Waals surface area (Å²) < 4.78 is 0. The Morgan fingerprint density at radius 3 is 2.89 bits per heavy atom. The number of anilines is 1. The third kappa shape index (κ3) is 2.82. The zero-order valence-electron chi connectivity index (χ0n) is 10.9. The highest BCUT2D eigenvalue weighted by Crippen LogP contribution is 2.38. The molecule has 2 rings (SSSR count). The van der Waals surface area contributed by atoms with Crippen molar-refractivity contribution >= 4 is 23.0 Å². The van der Waals surface area contributed by atoms with Gasteiger partial charge in [0.25, 0.3) is 0 Å². The number of nitro groups is 1. The number of rotatable bonds is 3. The summed E-state index contributed by atoms with van der Waals surface area (Å²) in [6.45, 7) is 3.44. The SMILES string of the molecule is CC1CCC(CN)CN1c1cccc(Cl)c1[N+](=O)[O-]. The quantitative estimate of drug-likeness (QED) is 0.684. The first kappa shape index (κ1) is 14.1. The summed E-state index contributed by atoms with van der Waals surface area (Å²) in [5.74, 6) is 0.384. The minimum atomic E-state index is -0.406. The number of benzene rings is 1. The van der Waals surface area contributed by atoms with Crippen molar-refractivity contribution in [1.82, 2.24) is 0 Å². The Balaban J connectivity index is 2.39. The molecular formula is C13H18ClN3O2. The van der Waals surface area contributed by atoms with Gasteiger partial charge in [-0.3, -0.25) is 10.1 Å². The second kappa shape index (κ2) is 5.75. The van der Waals surface area contributed by atoms with Crippen LogP contribution in [0.5, 0.6) is 0 Å². The highest BCUT2D eigenvalue weighted by atomic mass is 35.5. The van der Waals surface area contributed by atoms with Gasteiger partial charge in [0.2, 0.25) is 0 Å². The lowest BCUT2D eigenvalue weighted by atomic mass is 9.93. The van der Waals surface area contributed by atoms with E-state index >= 15 is 0 Å². The number of nitrogens with two attached hydrogens (primary N) is 1. The lowest BCUT2D eigenvalue weighted by Crippen LogP contribution is -2.44. The van der Waals surface area contributed by atoms with Crippen LogP contribution in [-0.4, -0.2) is 24.1 Å². The standard InChI is InChI=1S/C13H18ClN3O2/c1-9-5-6-10(7-15)8-16(9)12-4-2-3-11(14)13(12)17(18)19/h2-4,9-10H,5-8,15H2,1H3. The van der Waals surface area contributed by atoms with Crippen LogP contribution in [0.4, 0.5) is 11.4 Å². The first-order valence-electron chi connectivity index (χ1n) is 6.44. The molecule has 1 aromatic rings. The van der Waals surface area contributed by atoms with Gasteiger partial charge in [-0.15, -0.1) is 0 Å². The summed E-state index contributed by atoms with van der Waals surface area (Å²) in [5, 5.41) is 11.4. The molecule has 1 heterocycles. The first-order valence-corrected chi connectivity index (χ1v) is 6.82. The molecule has 2 unspecified atom stereocenters. The summed E-state index contributed by atoms with van der Waals surface area (Å²) in [6.07, 6.45) is 2.06. The number of nitrogens with zero attached hydrogens (tertiary/aromatic N) is 2. The summed E-state index contributed by atoms with van der Waals surface area (Å²) in [6, 6.07) is 5.33. The van der Waals surface area contributed by atoms with Gasteiger partial charge < -0.3 is 10.6 Å². The van der Waals surface area contributed by atoms with Gasteiger partial charge in [0.05, 0.1) is 4.92 Å². The molecule has 1 aliphatic heterocycles. The van der Waals surface area contributed by atoms with E-state index < -0.39 is 4.92 Å². The van der Waals surface area contributed by atoms with E-state index in [1.807, 2.05) is 0 Å². The molecular weight excluding hydrogens is 266 g/mol. The van der Waals surface area contributed by atoms with E-state index in [4.69, 9.17) is 17.3 Å². The van der Waals surface area contributed by atoms with E-state index in [2.05, 4.69) is 11.8 Å². The molecule has 1 saturated heterocycles. The molecule has 5 nitrogen and oxygen atoms in total. The molecule has 104 valence electrons. The van der Waals surface area contributed by atoms with Crippen molar-refractivity contribution in [2.75, 3.05) is 18.0 Å². The van der Waals surface area contributed by atoms with Crippen LogP contribution in [-0.2, 0) is 0 Å². The van der Waals surface area contributed by atoms with Crippen molar-refractivity contribution in [3.63, 3.8) is 0 Å². The molecule has 2 N–H and O–H groups in total. The predicted octanol–water partition coefficient (Wildman–Crippen LogP) is 2.81. The highest BCUT2D eigenvalue weighted by molar-refractivity contribution is 6.33. The second-order valence-electron chi connectivity index (χ2n) is 5.05. The van der Waals surface area contributed by atoms with Gasteiger partial charge in [-0.2, -0.15) is 0 Å². The molecule has 1 aromatic carbocycles.